The lowest BCUT2D eigenvalue weighted by molar-refractivity contribution is -0.141. The standard InChI is InChI=1S/C30H30N4O4/c1-19(2)38-24-11-12-25(20(3)15-24)28-22(18-34(32-28)23-9-7-6-8-10-23)16-26-21(4)27(17-31)30(36)33(29(26)35)13-14-37-5/h6-12,15-16,18-19H,13-14H2,1-5H3/b26-16+. The lowest BCUT2D eigenvalue weighted by Crippen LogP contribution is -2.44. The van der Waals surface area contributed by atoms with E-state index in [1.54, 1.807) is 17.7 Å². The van der Waals surface area contributed by atoms with Crippen molar-refractivity contribution in [3.05, 3.63) is 82.6 Å². The van der Waals surface area contributed by atoms with E-state index in [-0.39, 0.29) is 30.4 Å². The van der Waals surface area contributed by atoms with E-state index < -0.39 is 11.8 Å². The molecule has 2 amide bonds. The Bertz CT molecular complexity index is 1480. The second-order valence-corrected chi connectivity index (χ2v) is 9.28. The topological polar surface area (TPSA) is 97.5 Å². The molecule has 0 radical (unpaired) electrons. The molecule has 1 aromatic heterocycles. The van der Waals surface area contributed by atoms with Crippen LogP contribution in [0.5, 0.6) is 5.75 Å². The lowest BCUT2D eigenvalue weighted by atomic mass is 9.93. The fourth-order valence-corrected chi connectivity index (χ4v) is 4.33. The van der Waals surface area contributed by atoms with Gasteiger partial charge in [0, 0.05) is 30.0 Å². The van der Waals surface area contributed by atoms with Gasteiger partial charge in [0.05, 0.1) is 24.9 Å². The van der Waals surface area contributed by atoms with Gasteiger partial charge in [-0.3, -0.25) is 14.5 Å². The van der Waals surface area contributed by atoms with Crippen LogP contribution in [0.2, 0.25) is 0 Å². The third-order valence-corrected chi connectivity index (χ3v) is 6.23. The van der Waals surface area contributed by atoms with E-state index in [4.69, 9.17) is 14.6 Å². The number of amides is 2. The van der Waals surface area contributed by atoms with Crippen molar-refractivity contribution < 1.29 is 19.1 Å². The van der Waals surface area contributed by atoms with Crippen LogP contribution in [-0.2, 0) is 14.3 Å². The number of hydrogen-bond donors (Lipinski definition) is 0. The Balaban J connectivity index is 1.89. The summed E-state index contributed by atoms with van der Waals surface area (Å²) in [6.07, 6.45) is 3.60. The van der Waals surface area contributed by atoms with E-state index in [9.17, 15) is 14.9 Å². The van der Waals surface area contributed by atoms with Crippen LogP contribution in [-0.4, -0.2) is 52.9 Å². The fourth-order valence-electron chi connectivity index (χ4n) is 4.33. The van der Waals surface area contributed by atoms with Crippen LogP contribution in [0.1, 0.15) is 31.9 Å². The zero-order chi connectivity index (χ0) is 27.4. The van der Waals surface area contributed by atoms with E-state index in [0.29, 0.717) is 16.8 Å². The van der Waals surface area contributed by atoms with Crippen molar-refractivity contribution in [3.63, 3.8) is 0 Å². The lowest BCUT2D eigenvalue weighted by Gasteiger charge is -2.27. The number of ether oxygens (including phenoxy) is 2. The van der Waals surface area contributed by atoms with Gasteiger partial charge < -0.3 is 9.47 Å². The second-order valence-electron chi connectivity index (χ2n) is 9.28. The van der Waals surface area contributed by atoms with Crippen molar-refractivity contribution in [2.24, 2.45) is 0 Å². The van der Waals surface area contributed by atoms with Gasteiger partial charge >= 0.3 is 0 Å². The molecule has 0 fully saturated rings. The van der Waals surface area contributed by atoms with Crippen LogP contribution in [0, 0.1) is 18.3 Å². The van der Waals surface area contributed by atoms with Gasteiger partial charge in [0.15, 0.2) is 0 Å². The van der Waals surface area contributed by atoms with E-state index in [0.717, 1.165) is 27.5 Å². The average Bonchev–Trinajstić information content (AvgIpc) is 3.31. The highest BCUT2D eigenvalue weighted by atomic mass is 16.5. The number of benzene rings is 2. The van der Waals surface area contributed by atoms with Crippen molar-refractivity contribution in [2.75, 3.05) is 20.3 Å². The molecule has 2 heterocycles. The number of nitriles is 1. The Morgan fingerprint density at radius 1 is 1.08 bits per heavy atom. The highest BCUT2D eigenvalue weighted by Crippen LogP contribution is 2.33. The van der Waals surface area contributed by atoms with Crippen LogP contribution in [0.4, 0.5) is 0 Å². The molecule has 0 aliphatic carbocycles. The Morgan fingerprint density at radius 2 is 1.82 bits per heavy atom. The fraction of sp³-hybridized carbons (Fsp3) is 0.267. The predicted octanol–water partition coefficient (Wildman–Crippen LogP) is 4.87. The zero-order valence-corrected chi connectivity index (χ0v) is 22.2. The van der Waals surface area contributed by atoms with Gasteiger partial charge in [0.2, 0.25) is 0 Å². The Morgan fingerprint density at radius 3 is 2.45 bits per heavy atom. The smallest absolute Gasteiger partial charge is 0.271 e. The summed E-state index contributed by atoms with van der Waals surface area (Å²) in [5.74, 6) is -0.323. The molecule has 1 aliphatic rings. The molecule has 3 aromatic rings. The Kier molecular flexibility index (Phi) is 7.89. The molecule has 4 rings (SSSR count). The number of nitrogens with zero attached hydrogens (tertiary/aromatic N) is 4. The molecule has 8 heteroatoms. The highest BCUT2D eigenvalue weighted by Gasteiger charge is 2.35. The van der Waals surface area contributed by atoms with E-state index in [1.807, 2.05) is 81.6 Å². The molecule has 0 saturated carbocycles. The summed E-state index contributed by atoms with van der Waals surface area (Å²) in [4.78, 5) is 27.3. The number of hydrogen-bond acceptors (Lipinski definition) is 6. The Hall–Kier alpha value is -4.48. The first-order chi connectivity index (χ1) is 18.2. The molecule has 2 aromatic carbocycles. The summed E-state index contributed by atoms with van der Waals surface area (Å²) < 4.78 is 12.7. The maximum absolute atomic E-state index is 13.5. The zero-order valence-electron chi connectivity index (χ0n) is 22.2. The van der Waals surface area contributed by atoms with Gasteiger partial charge in [-0.1, -0.05) is 18.2 Å². The normalized spacial score (nSPS) is 15.0. The summed E-state index contributed by atoms with van der Waals surface area (Å²) in [6.45, 7) is 7.78. The summed E-state index contributed by atoms with van der Waals surface area (Å²) in [5, 5.41) is 14.6. The number of methoxy groups -OCH3 is 1. The third-order valence-electron chi connectivity index (χ3n) is 6.23. The molecule has 0 N–H and O–H groups in total. The first kappa shape index (κ1) is 26.6. The molecule has 194 valence electrons. The third kappa shape index (κ3) is 5.29. The first-order valence-corrected chi connectivity index (χ1v) is 12.4. The SMILES string of the molecule is COCCN1C(=O)C(C#N)=C(C)/C(=C\c2cn(-c3ccccc3)nc2-c2ccc(OC(C)C)cc2C)C1=O. The monoisotopic (exact) mass is 510 g/mol. The average molecular weight is 511 g/mol. The van der Waals surface area contributed by atoms with Gasteiger partial charge in [-0.25, -0.2) is 4.68 Å². The second kappa shape index (κ2) is 11.3. The van der Waals surface area contributed by atoms with Crippen molar-refractivity contribution in [1.29, 1.82) is 5.26 Å². The van der Waals surface area contributed by atoms with E-state index >= 15 is 0 Å². The summed E-state index contributed by atoms with van der Waals surface area (Å²) in [7, 11) is 1.49. The largest absolute Gasteiger partial charge is 0.491 e. The molecule has 1 aliphatic heterocycles. The van der Waals surface area contributed by atoms with Gasteiger partial charge in [0.1, 0.15) is 23.1 Å². The van der Waals surface area contributed by atoms with Crippen LogP contribution < -0.4 is 4.74 Å². The molecular weight excluding hydrogens is 480 g/mol. The number of aryl methyl sites for hydroxylation is 1. The van der Waals surface area contributed by atoms with Crippen molar-refractivity contribution in [3.8, 4) is 28.8 Å². The minimum absolute atomic E-state index is 0.0444. The molecule has 38 heavy (non-hydrogen) atoms. The van der Waals surface area contributed by atoms with E-state index in [2.05, 4.69) is 0 Å². The Labute approximate surface area is 222 Å². The summed E-state index contributed by atoms with van der Waals surface area (Å²) in [5.41, 5.74) is 4.57. The number of imide groups is 1. The maximum Gasteiger partial charge on any atom is 0.271 e. The number of carbonyl (C=O) groups is 2. The van der Waals surface area contributed by atoms with Crippen molar-refractivity contribution >= 4 is 17.9 Å². The van der Waals surface area contributed by atoms with Gasteiger partial charge in [-0.2, -0.15) is 10.4 Å². The van der Waals surface area contributed by atoms with Gasteiger partial charge in [0.25, 0.3) is 11.8 Å². The van der Waals surface area contributed by atoms with E-state index in [1.165, 1.54) is 7.11 Å². The number of aromatic nitrogens is 2. The van der Waals surface area contributed by atoms with Crippen LogP contribution in [0.15, 0.2) is 71.4 Å². The molecule has 0 spiro atoms. The van der Waals surface area contributed by atoms with Crippen LogP contribution >= 0.6 is 0 Å². The number of para-hydroxylation sites is 1. The predicted molar refractivity (Wildman–Crippen MR) is 144 cm³/mol. The van der Waals surface area contributed by atoms with Gasteiger partial charge in [-0.05, 0) is 75.2 Å². The molecular formula is C30H30N4O4. The molecule has 0 atom stereocenters. The maximum atomic E-state index is 13.5. The first-order valence-electron chi connectivity index (χ1n) is 12.4. The number of rotatable bonds is 8. The molecule has 0 unspecified atom stereocenters. The molecule has 0 saturated heterocycles. The highest BCUT2D eigenvalue weighted by molar-refractivity contribution is 6.19. The minimum atomic E-state index is -0.610. The molecule has 8 nitrogen and oxygen atoms in total. The number of carbonyl (C=O) groups excluding carboxylic acids is 2. The quantitative estimate of drug-likeness (QED) is 0.317. The van der Waals surface area contributed by atoms with Crippen molar-refractivity contribution in [2.45, 2.75) is 33.8 Å². The van der Waals surface area contributed by atoms with Gasteiger partial charge in [-0.15, -0.1) is 0 Å². The minimum Gasteiger partial charge on any atom is -0.491 e. The van der Waals surface area contributed by atoms with Crippen molar-refractivity contribution in [1.82, 2.24) is 14.7 Å². The summed E-state index contributed by atoms with van der Waals surface area (Å²) >= 11 is 0. The molecule has 0 bridgehead atoms. The van der Waals surface area contributed by atoms with Crippen LogP contribution in [0.3, 0.4) is 0 Å². The summed E-state index contributed by atoms with van der Waals surface area (Å²) in [6, 6.07) is 17.4. The van der Waals surface area contributed by atoms with Crippen LogP contribution in [0.25, 0.3) is 23.0 Å².